The minimum Gasteiger partial charge on any atom is -0.473 e. The Labute approximate surface area is 66.8 Å². The normalized spacial score (nSPS) is 8.50. The van der Waals surface area contributed by atoms with Crippen molar-refractivity contribution in [2.75, 3.05) is 0 Å². The lowest BCUT2D eigenvalue weighted by Crippen LogP contribution is -2.09. The molecular formula is C2H7NO8S. The average Bonchev–Trinajstić information content (AvgIpc) is 1.59. The van der Waals surface area contributed by atoms with Gasteiger partial charge in [0.2, 0.25) is 0 Å². The van der Waals surface area contributed by atoms with Crippen LogP contribution < -0.4 is 6.15 Å². The Morgan fingerprint density at radius 1 is 0.917 bits per heavy atom. The van der Waals surface area contributed by atoms with Gasteiger partial charge in [-0.2, -0.15) is 8.42 Å². The fourth-order valence-corrected chi connectivity index (χ4v) is 0. The van der Waals surface area contributed by atoms with Crippen LogP contribution in [0.2, 0.25) is 0 Å². The molecule has 0 fully saturated rings. The summed E-state index contributed by atoms with van der Waals surface area (Å²) in [6.07, 6.45) is 0. The van der Waals surface area contributed by atoms with Crippen molar-refractivity contribution >= 4 is 22.3 Å². The third-order valence-electron chi connectivity index (χ3n) is 0.183. The average molecular weight is 205 g/mol. The zero-order valence-electron chi connectivity index (χ0n) is 5.54. The third kappa shape index (κ3) is 69.0. The van der Waals surface area contributed by atoms with Crippen molar-refractivity contribution in [2.24, 2.45) is 0 Å². The summed E-state index contributed by atoms with van der Waals surface area (Å²) in [5.41, 5.74) is 0. The first-order valence-corrected chi connectivity index (χ1v) is 3.20. The Hall–Kier alpha value is -1.23. The molecule has 0 aromatic rings. The number of carboxylic acids is 2. The zero-order chi connectivity index (χ0) is 9.65. The lowest BCUT2D eigenvalue weighted by molar-refractivity contribution is -0.159. The SMILES string of the molecule is N.O=C(O)C(=O)O.O=S(=O)(O)O. The molecule has 0 aliphatic rings. The first-order valence-electron chi connectivity index (χ1n) is 1.80. The number of rotatable bonds is 0. The van der Waals surface area contributed by atoms with Crippen LogP contribution in [0.25, 0.3) is 0 Å². The second-order valence-electron chi connectivity index (χ2n) is 1.06. The van der Waals surface area contributed by atoms with E-state index in [9.17, 15) is 0 Å². The molecule has 0 unspecified atom stereocenters. The minimum atomic E-state index is -4.67. The smallest absolute Gasteiger partial charge is 0.414 e. The van der Waals surface area contributed by atoms with Crippen molar-refractivity contribution < 1.29 is 37.3 Å². The first kappa shape index (κ1) is 17.0. The Balaban J connectivity index is -0.000000126. The van der Waals surface area contributed by atoms with Gasteiger partial charge in [-0.15, -0.1) is 0 Å². The van der Waals surface area contributed by atoms with Crippen molar-refractivity contribution in [3.63, 3.8) is 0 Å². The van der Waals surface area contributed by atoms with Gasteiger partial charge in [-0.25, -0.2) is 9.59 Å². The topological polar surface area (TPSA) is 184 Å². The van der Waals surface area contributed by atoms with Gasteiger partial charge in [0.25, 0.3) is 0 Å². The van der Waals surface area contributed by atoms with E-state index in [0.717, 1.165) is 0 Å². The van der Waals surface area contributed by atoms with Crippen LogP contribution in [0.1, 0.15) is 0 Å². The molecule has 0 bridgehead atoms. The monoisotopic (exact) mass is 205 g/mol. The summed E-state index contributed by atoms with van der Waals surface area (Å²) < 4.78 is 31.6. The zero-order valence-corrected chi connectivity index (χ0v) is 6.35. The number of carboxylic acid groups (broad SMARTS) is 2. The second-order valence-corrected chi connectivity index (χ2v) is 1.95. The van der Waals surface area contributed by atoms with Crippen molar-refractivity contribution in [1.29, 1.82) is 0 Å². The van der Waals surface area contributed by atoms with Gasteiger partial charge in [-0.3, -0.25) is 9.11 Å². The molecule has 10 heteroatoms. The van der Waals surface area contributed by atoms with E-state index in [0.29, 0.717) is 0 Å². The quantitative estimate of drug-likeness (QED) is 0.236. The second kappa shape index (κ2) is 6.48. The fourth-order valence-electron chi connectivity index (χ4n) is 0. The highest BCUT2D eigenvalue weighted by Gasteiger charge is 2.04. The molecule has 12 heavy (non-hydrogen) atoms. The minimum absolute atomic E-state index is 0. The van der Waals surface area contributed by atoms with Gasteiger partial charge >= 0.3 is 22.3 Å². The summed E-state index contributed by atoms with van der Waals surface area (Å²) in [7, 11) is -4.67. The highest BCUT2D eigenvalue weighted by molar-refractivity contribution is 7.79. The van der Waals surface area contributed by atoms with Crippen LogP contribution in [-0.4, -0.2) is 39.7 Å². The van der Waals surface area contributed by atoms with Crippen LogP contribution in [0.5, 0.6) is 0 Å². The van der Waals surface area contributed by atoms with Crippen molar-refractivity contribution in [1.82, 2.24) is 6.15 Å². The summed E-state index contributed by atoms with van der Waals surface area (Å²) in [5.74, 6) is -3.65. The largest absolute Gasteiger partial charge is 0.473 e. The molecule has 0 saturated heterocycles. The van der Waals surface area contributed by atoms with Crippen LogP contribution in [0.15, 0.2) is 0 Å². The highest BCUT2D eigenvalue weighted by Crippen LogP contribution is 1.59. The van der Waals surface area contributed by atoms with E-state index in [1.54, 1.807) is 0 Å². The number of hydrogen-bond donors (Lipinski definition) is 5. The van der Waals surface area contributed by atoms with Crippen LogP contribution in [0.4, 0.5) is 0 Å². The van der Waals surface area contributed by atoms with E-state index in [1.165, 1.54) is 0 Å². The molecule has 0 aromatic carbocycles. The molecule has 0 spiro atoms. The predicted molar refractivity (Wildman–Crippen MR) is 34.5 cm³/mol. The molecule has 0 rings (SSSR count). The van der Waals surface area contributed by atoms with E-state index in [-0.39, 0.29) is 6.15 Å². The molecule has 0 aliphatic heterocycles. The molecular weight excluding hydrogens is 198 g/mol. The molecule has 7 N–H and O–H groups in total. The summed E-state index contributed by atoms with van der Waals surface area (Å²) in [6, 6.07) is 0. The van der Waals surface area contributed by atoms with E-state index >= 15 is 0 Å². The maximum absolute atomic E-state index is 9.10. The van der Waals surface area contributed by atoms with E-state index in [2.05, 4.69) is 0 Å². The lowest BCUT2D eigenvalue weighted by Gasteiger charge is -1.72. The lowest BCUT2D eigenvalue weighted by atomic mass is 10.7. The van der Waals surface area contributed by atoms with Gasteiger partial charge in [0, 0.05) is 0 Å². The summed E-state index contributed by atoms with van der Waals surface area (Å²) in [6.45, 7) is 0. The first-order chi connectivity index (χ1) is 4.64. The van der Waals surface area contributed by atoms with Crippen LogP contribution in [0, 0.1) is 0 Å². The number of carbonyl (C=O) groups is 2. The Bertz CT molecular complexity index is 220. The summed E-state index contributed by atoms with van der Waals surface area (Å²) >= 11 is 0. The molecule has 0 radical (unpaired) electrons. The molecule has 0 heterocycles. The van der Waals surface area contributed by atoms with Gasteiger partial charge in [-0.05, 0) is 0 Å². The molecule has 0 amide bonds. The third-order valence-corrected chi connectivity index (χ3v) is 0.183. The van der Waals surface area contributed by atoms with Crippen molar-refractivity contribution in [2.45, 2.75) is 0 Å². The Morgan fingerprint density at radius 2 is 1.00 bits per heavy atom. The molecule has 74 valence electrons. The summed E-state index contributed by atoms with van der Waals surface area (Å²) in [4.78, 5) is 18.2. The van der Waals surface area contributed by atoms with E-state index in [4.69, 9.17) is 37.3 Å². The fraction of sp³-hybridized carbons (Fsp3) is 0. The molecule has 0 saturated carbocycles. The van der Waals surface area contributed by atoms with E-state index in [1.807, 2.05) is 0 Å². The van der Waals surface area contributed by atoms with Crippen LogP contribution >= 0.6 is 0 Å². The number of hydrogen-bond acceptors (Lipinski definition) is 5. The maximum atomic E-state index is 9.10. The standard InChI is InChI=1S/C2H2O4.H3N.H2O4S/c3-1(4)2(5)6;;1-5(2,3)4/h(H,3,4)(H,5,6);1H3;(H2,1,2,3,4). The van der Waals surface area contributed by atoms with Gasteiger partial charge in [0.05, 0.1) is 0 Å². The Kier molecular flexibility index (Phi) is 9.19. The van der Waals surface area contributed by atoms with Crippen LogP contribution in [0.3, 0.4) is 0 Å². The van der Waals surface area contributed by atoms with Gasteiger partial charge in [0.1, 0.15) is 0 Å². The summed E-state index contributed by atoms with van der Waals surface area (Å²) in [5, 5.41) is 14.8. The molecule has 0 aromatic heterocycles. The molecule has 0 aliphatic carbocycles. The van der Waals surface area contributed by atoms with Crippen molar-refractivity contribution in [3.8, 4) is 0 Å². The molecule has 9 nitrogen and oxygen atoms in total. The van der Waals surface area contributed by atoms with Gasteiger partial charge < -0.3 is 16.4 Å². The molecule has 0 atom stereocenters. The highest BCUT2D eigenvalue weighted by atomic mass is 32.3. The predicted octanol–water partition coefficient (Wildman–Crippen LogP) is -1.34. The van der Waals surface area contributed by atoms with E-state index < -0.39 is 22.3 Å². The van der Waals surface area contributed by atoms with Crippen molar-refractivity contribution in [3.05, 3.63) is 0 Å². The van der Waals surface area contributed by atoms with Gasteiger partial charge in [0.15, 0.2) is 0 Å². The maximum Gasteiger partial charge on any atom is 0.414 e. The van der Waals surface area contributed by atoms with Crippen LogP contribution in [-0.2, 0) is 20.0 Å². The Morgan fingerprint density at radius 3 is 1.00 bits per heavy atom. The number of aliphatic carboxylic acids is 2. The van der Waals surface area contributed by atoms with Gasteiger partial charge in [-0.1, -0.05) is 0 Å².